The van der Waals surface area contributed by atoms with E-state index in [4.69, 9.17) is 4.99 Å². The van der Waals surface area contributed by atoms with Crippen molar-refractivity contribution in [3.05, 3.63) is 35.7 Å². The number of nitrogens with one attached hydrogen (secondary N) is 3. The number of rotatable bonds is 7. The summed E-state index contributed by atoms with van der Waals surface area (Å²) in [6, 6.07) is 6.59. The van der Waals surface area contributed by atoms with Crippen molar-refractivity contribution < 1.29 is 22.3 Å². The van der Waals surface area contributed by atoms with Gasteiger partial charge in [-0.3, -0.25) is 4.99 Å². The summed E-state index contributed by atoms with van der Waals surface area (Å²) < 4.78 is 52.2. The van der Waals surface area contributed by atoms with E-state index < -0.39 is 34.3 Å². The normalized spacial score (nSPS) is 21.3. The van der Waals surface area contributed by atoms with Crippen LogP contribution in [0.15, 0.2) is 34.2 Å². The molecule has 5 rings (SSSR count). The van der Waals surface area contributed by atoms with Gasteiger partial charge in [0.25, 0.3) is 5.92 Å². The summed E-state index contributed by atoms with van der Waals surface area (Å²) in [4.78, 5) is 16.5. The number of fused-ring (bicyclic) bond motifs is 1. The molecule has 0 bridgehead atoms. The average Bonchev–Trinajstić information content (AvgIpc) is 3.05. The number of aromatic nitrogens is 3. The minimum Gasteiger partial charge on any atom is -0.373 e. The first kappa shape index (κ1) is 24.9. The third kappa shape index (κ3) is 4.91. The second-order valence-corrected chi connectivity index (χ2v) is 12.8. The lowest BCUT2D eigenvalue weighted by molar-refractivity contribution is 0.0583. The predicted octanol–water partition coefficient (Wildman–Crippen LogP) is 4.07. The van der Waals surface area contributed by atoms with Gasteiger partial charge in [0, 0.05) is 30.1 Å². The number of aromatic amines is 1. The van der Waals surface area contributed by atoms with E-state index in [1.165, 1.54) is 6.07 Å². The van der Waals surface area contributed by atoms with E-state index in [0.717, 1.165) is 17.1 Å². The van der Waals surface area contributed by atoms with Crippen molar-refractivity contribution in [2.45, 2.75) is 49.8 Å². The maximum absolute atomic E-state index is 13.4. The van der Waals surface area contributed by atoms with Crippen molar-refractivity contribution in [3.8, 4) is 0 Å². The van der Waals surface area contributed by atoms with Crippen LogP contribution in [0.5, 0.6) is 0 Å². The van der Waals surface area contributed by atoms with Crippen molar-refractivity contribution in [3.63, 3.8) is 0 Å². The summed E-state index contributed by atoms with van der Waals surface area (Å²) in [6.45, 7) is 5.78. The fraction of sp³-hybridized carbons (Fsp3) is 0.435. The van der Waals surface area contributed by atoms with Gasteiger partial charge in [0.1, 0.15) is 23.4 Å². The van der Waals surface area contributed by atoms with Crippen LogP contribution in [0, 0.1) is 12.8 Å². The molecule has 4 N–H and O–H groups in total. The number of hydrogen-bond acceptors (Lipinski definition) is 9. The Hall–Kier alpha value is -2.77. The van der Waals surface area contributed by atoms with Crippen molar-refractivity contribution in [2.75, 3.05) is 22.6 Å². The highest BCUT2D eigenvalue weighted by molar-refractivity contribution is 8.14. The summed E-state index contributed by atoms with van der Waals surface area (Å²) in [7, 11) is -3.63. The monoisotopic (exact) mass is 536 g/mol. The number of aliphatic imine (C=N–C) groups is 1. The fourth-order valence-electron chi connectivity index (χ4n) is 4.05. The highest BCUT2D eigenvalue weighted by Crippen LogP contribution is 2.50. The molecule has 3 aromatic rings. The highest BCUT2D eigenvalue weighted by Gasteiger charge is 2.60. The molecule has 2 aliphatic rings. The Morgan fingerprint density at radius 2 is 1.94 bits per heavy atom. The Bertz CT molecular complexity index is 1500. The third-order valence-corrected chi connectivity index (χ3v) is 8.58. The minimum absolute atomic E-state index is 0.0846. The first-order valence-corrected chi connectivity index (χ1v) is 14.1. The number of aliphatic hydroxyl groups is 1. The number of nitrogens with zero attached hydrogens (tertiary/aromatic N) is 3. The van der Waals surface area contributed by atoms with Crippen LogP contribution in [0.3, 0.4) is 0 Å². The summed E-state index contributed by atoms with van der Waals surface area (Å²) in [6.07, 6.45) is -0.759. The molecule has 0 spiro atoms. The van der Waals surface area contributed by atoms with Crippen molar-refractivity contribution >= 4 is 55.0 Å². The van der Waals surface area contributed by atoms with Gasteiger partial charge < -0.3 is 20.7 Å². The second kappa shape index (κ2) is 8.38. The standard InChI is InChI=1S/C23H26F2N6O3S2/c1-11-26-18-15(8-17(29-19(18)27-11)30-20(32)13-9-23(13,24)25)28-14-6-5-12(7-16(14)36(4,33)34)21-31-22(2,3)10-35-21/h5-8,13,20,32H,9-10H2,1-4H3,(H3,26,27,28,29,30). The molecular weight excluding hydrogens is 510 g/mol. The first-order chi connectivity index (χ1) is 16.7. The van der Waals surface area contributed by atoms with E-state index in [0.29, 0.717) is 28.3 Å². The maximum atomic E-state index is 13.4. The molecular formula is C23H26F2N6O3S2. The van der Waals surface area contributed by atoms with Crippen LogP contribution < -0.4 is 10.6 Å². The molecule has 0 radical (unpaired) electrons. The maximum Gasteiger partial charge on any atom is 0.256 e. The molecule has 1 aliphatic heterocycles. The van der Waals surface area contributed by atoms with Gasteiger partial charge in [-0.2, -0.15) is 0 Å². The predicted molar refractivity (Wildman–Crippen MR) is 137 cm³/mol. The summed E-state index contributed by atoms with van der Waals surface area (Å²) in [5.41, 5.74) is 2.02. The molecule has 2 atom stereocenters. The number of alkyl halides is 2. The molecule has 13 heteroatoms. The lowest BCUT2D eigenvalue weighted by Gasteiger charge is -2.16. The quantitative estimate of drug-likeness (QED) is 0.332. The number of pyridine rings is 1. The topological polar surface area (TPSA) is 132 Å². The van der Waals surface area contributed by atoms with Crippen LogP contribution >= 0.6 is 11.8 Å². The Balaban J connectivity index is 1.52. The number of anilines is 3. The van der Waals surface area contributed by atoms with Gasteiger partial charge in [0.15, 0.2) is 15.5 Å². The number of H-pyrrole nitrogens is 1. The zero-order valence-corrected chi connectivity index (χ0v) is 21.7. The van der Waals surface area contributed by atoms with Gasteiger partial charge in [-0.25, -0.2) is 27.2 Å². The number of hydrogen-bond donors (Lipinski definition) is 4. The number of thioether (sulfide) groups is 1. The first-order valence-electron chi connectivity index (χ1n) is 11.3. The van der Waals surface area contributed by atoms with Crippen LogP contribution in [-0.4, -0.2) is 63.2 Å². The van der Waals surface area contributed by atoms with E-state index >= 15 is 0 Å². The summed E-state index contributed by atoms with van der Waals surface area (Å²) in [5.74, 6) is -2.62. The van der Waals surface area contributed by atoms with Gasteiger partial charge in [-0.1, -0.05) is 6.07 Å². The molecule has 0 saturated heterocycles. The van der Waals surface area contributed by atoms with Gasteiger partial charge in [-0.15, -0.1) is 11.8 Å². The van der Waals surface area contributed by atoms with E-state index in [1.807, 2.05) is 13.8 Å². The Kier molecular flexibility index (Phi) is 5.80. The average molecular weight is 537 g/mol. The SMILES string of the molecule is Cc1nc2nc(NC(O)C3CC3(F)F)cc(Nc3ccc(C4=NC(C)(C)CS4)cc3S(C)(=O)=O)c2[nH]1. The smallest absolute Gasteiger partial charge is 0.256 e. The van der Waals surface area contributed by atoms with Crippen molar-refractivity contribution in [1.29, 1.82) is 0 Å². The van der Waals surface area contributed by atoms with Crippen LogP contribution in [0.1, 0.15) is 31.7 Å². The number of halogens is 2. The molecule has 9 nitrogen and oxygen atoms in total. The van der Waals surface area contributed by atoms with Gasteiger partial charge in [-0.05, 0) is 32.9 Å². The molecule has 1 fully saturated rings. The van der Waals surface area contributed by atoms with Crippen LogP contribution in [0.4, 0.5) is 26.0 Å². The van der Waals surface area contributed by atoms with Gasteiger partial charge in [0.2, 0.25) is 0 Å². The van der Waals surface area contributed by atoms with Crippen LogP contribution in [0.25, 0.3) is 11.2 Å². The molecule has 1 aromatic carbocycles. The fourth-order valence-corrected chi connectivity index (χ4v) is 6.07. The van der Waals surface area contributed by atoms with Gasteiger partial charge in [0.05, 0.1) is 32.8 Å². The Labute approximate surface area is 211 Å². The lowest BCUT2D eigenvalue weighted by Crippen LogP contribution is -2.24. The summed E-state index contributed by atoms with van der Waals surface area (Å²) in [5, 5.41) is 16.7. The number of sulfone groups is 1. The molecule has 192 valence electrons. The zero-order chi connectivity index (χ0) is 26.0. The zero-order valence-electron chi connectivity index (χ0n) is 20.1. The largest absolute Gasteiger partial charge is 0.373 e. The Morgan fingerprint density at radius 1 is 1.22 bits per heavy atom. The summed E-state index contributed by atoms with van der Waals surface area (Å²) >= 11 is 1.58. The van der Waals surface area contributed by atoms with Crippen LogP contribution in [0.2, 0.25) is 0 Å². The Morgan fingerprint density at radius 3 is 2.56 bits per heavy atom. The van der Waals surface area contributed by atoms with E-state index in [-0.39, 0.29) is 21.9 Å². The highest BCUT2D eigenvalue weighted by atomic mass is 32.2. The molecule has 36 heavy (non-hydrogen) atoms. The van der Waals surface area contributed by atoms with E-state index in [2.05, 4.69) is 25.6 Å². The molecule has 2 aromatic heterocycles. The van der Waals surface area contributed by atoms with Crippen molar-refractivity contribution in [1.82, 2.24) is 15.0 Å². The second-order valence-electron chi connectivity index (χ2n) is 9.86. The van der Waals surface area contributed by atoms with Gasteiger partial charge >= 0.3 is 0 Å². The number of imidazole rings is 1. The van der Waals surface area contributed by atoms with Crippen LogP contribution in [-0.2, 0) is 9.84 Å². The van der Waals surface area contributed by atoms with E-state index in [9.17, 15) is 22.3 Å². The van der Waals surface area contributed by atoms with E-state index in [1.54, 1.807) is 36.9 Å². The number of aliphatic hydroxyl groups excluding tert-OH is 1. The molecule has 1 saturated carbocycles. The lowest BCUT2D eigenvalue weighted by atomic mass is 10.1. The number of aryl methyl sites for hydroxylation is 1. The van der Waals surface area contributed by atoms with Crippen molar-refractivity contribution in [2.24, 2.45) is 10.9 Å². The molecule has 2 unspecified atom stereocenters. The molecule has 3 heterocycles. The molecule has 0 amide bonds. The number of benzene rings is 1. The molecule has 1 aliphatic carbocycles. The third-order valence-electron chi connectivity index (χ3n) is 5.99. The minimum atomic E-state index is -3.63.